The van der Waals surface area contributed by atoms with Crippen molar-refractivity contribution >= 4 is 12.0 Å². The maximum absolute atomic E-state index is 10.7. The zero-order valence-electron chi connectivity index (χ0n) is 13.0. The van der Waals surface area contributed by atoms with Gasteiger partial charge in [0.2, 0.25) is 0 Å². The van der Waals surface area contributed by atoms with E-state index in [2.05, 4.69) is 24.9 Å². The third-order valence-corrected chi connectivity index (χ3v) is 4.49. The molecule has 0 aromatic heterocycles. The smallest absolute Gasteiger partial charge is 0.328 e. The summed E-state index contributed by atoms with van der Waals surface area (Å²) in [6.07, 6.45) is 8.07. The lowest BCUT2D eigenvalue weighted by atomic mass is 9.86. The topological polar surface area (TPSA) is 40.5 Å². The fraction of sp³-hybridized carbons (Fsp3) is 0.500. The Morgan fingerprint density at radius 2 is 1.95 bits per heavy atom. The van der Waals surface area contributed by atoms with Gasteiger partial charge in [0, 0.05) is 18.7 Å². The summed E-state index contributed by atoms with van der Waals surface area (Å²) >= 11 is 0. The van der Waals surface area contributed by atoms with Crippen molar-refractivity contribution in [1.82, 2.24) is 4.90 Å². The van der Waals surface area contributed by atoms with Gasteiger partial charge in [-0.25, -0.2) is 4.79 Å². The first-order valence-corrected chi connectivity index (χ1v) is 7.75. The van der Waals surface area contributed by atoms with Crippen LogP contribution in [-0.4, -0.2) is 29.1 Å². The Morgan fingerprint density at radius 3 is 2.62 bits per heavy atom. The highest BCUT2D eigenvalue weighted by Gasteiger charge is 2.21. The predicted octanol–water partition coefficient (Wildman–Crippen LogP) is 3.79. The number of carbonyl (C=O) groups is 1. The van der Waals surface area contributed by atoms with E-state index in [0.29, 0.717) is 6.04 Å². The average Bonchev–Trinajstić information content (AvgIpc) is 2.47. The highest BCUT2D eigenvalue weighted by atomic mass is 16.4. The molecule has 21 heavy (non-hydrogen) atoms. The quantitative estimate of drug-likeness (QED) is 0.838. The summed E-state index contributed by atoms with van der Waals surface area (Å²) in [5.41, 5.74) is 2.19. The highest BCUT2D eigenvalue weighted by molar-refractivity contribution is 5.85. The Morgan fingerprint density at radius 1 is 1.29 bits per heavy atom. The van der Waals surface area contributed by atoms with Crippen LogP contribution in [0.25, 0.3) is 6.08 Å². The molecule has 3 heteroatoms. The molecule has 0 bridgehead atoms. The Balaban J connectivity index is 2.03. The summed E-state index contributed by atoms with van der Waals surface area (Å²) in [5.74, 6) is -0.0418. The SMILES string of the molecule is CC1CCC(N(C)Cc2ccccc2C=CC(=O)O)CC1. The van der Waals surface area contributed by atoms with Gasteiger partial charge in [-0.2, -0.15) is 0 Å². The van der Waals surface area contributed by atoms with Crippen LogP contribution < -0.4 is 0 Å². The number of hydrogen-bond acceptors (Lipinski definition) is 2. The van der Waals surface area contributed by atoms with Crippen LogP contribution in [0.15, 0.2) is 30.3 Å². The third kappa shape index (κ3) is 4.71. The van der Waals surface area contributed by atoms with Gasteiger partial charge in [-0.1, -0.05) is 31.2 Å². The molecule has 1 aromatic rings. The maximum atomic E-state index is 10.7. The van der Waals surface area contributed by atoms with Crippen molar-refractivity contribution in [2.24, 2.45) is 5.92 Å². The first-order valence-electron chi connectivity index (χ1n) is 7.75. The van der Waals surface area contributed by atoms with Gasteiger partial charge in [-0.3, -0.25) is 4.90 Å². The molecule has 114 valence electrons. The molecule has 0 spiro atoms. The zero-order chi connectivity index (χ0) is 15.2. The van der Waals surface area contributed by atoms with Crippen LogP contribution in [0, 0.1) is 5.92 Å². The molecule has 1 fully saturated rings. The Bertz CT molecular complexity index is 502. The molecule has 0 radical (unpaired) electrons. The molecule has 1 aromatic carbocycles. The first kappa shape index (κ1) is 15.8. The second-order valence-corrected chi connectivity index (χ2v) is 6.20. The number of rotatable bonds is 5. The molecule has 0 unspecified atom stereocenters. The molecule has 0 aliphatic heterocycles. The van der Waals surface area contributed by atoms with Gasteiger partial charge in [-0.15, -0.1) is 0 Å². The lowest BCUT2D eigenvalue weighted by molar-refractivity contribution is -0.131. The lowest BCUT2D eigenvalue weighted by Crippen LogP contribution is -2.34. The summed E-state index contributed by atoms with van der Waals surface area (Å²) in [5, 5.41) is 8.78. The second kappa shape index (κ2) is 7.41. The molecule has 1 saturated carbocycles. The molecule has 1 aliphatic carbocycles. The fourth-order valence-electron chi connectivity index (χ4n) is 3.08. The number of aliphatic carboxylic acids is 1. The molecule has 3 nitrogen and oxygen atoms in total. The van der Waals surface area contributed by atoms with Crippen molar-refractivity contribution in [2.45, 2.75) is 45.2 Å². The van der Waals surface area contributed by atoms with Crippen LogP contribution in [0.3, 0.4) is 0 Å². The fourth-order valence-corrected chi connectivity index (χ4v) is 3.08. The summed E-state index contributed by atoms with van der Waals surface area (Å²) in [7, 11) is 2.18. The van der Waals surface area contributed by atoms with Crippen molar-refractivity contribution in [2.75, 3.05) is 7.05 Å². The van der Waals surface area contributed by atoms with E-state index in [0.717, 1.165) is 18.0 Å². The average molecular weight is 287 g/mol. The number of carboxylic acid groups (broad SMARTS) is 1. The van der Waals surface area contributed by atoms with E-state index in [-0.39, 0.29) is 0 Å². The summed E-state index contributed by atoms with van der Waals surface area (Å²) in [4.78, 5) is 13.1. The van der Waals surface area contributed by atoms with Gasteiger partial charge < -0.3 is 5.11 Å². The molecule has 0 amide bonds. The van der Waals surface area contributed by atoms with Gasteiger partial charge >= 0.3 is 5.97 Å². The largest absolute Gasteiger partial charge is 0.478 e. The van der Waals surface area contributed by atoms with Crippen LogP contribution >= 0.6 is 0 Å². The molecule has 1 aliphatic rings. The van der Waals surface area contributed by atoms with E-state index in [1.54, 1.807) is 6.08 Å². The minimum Gasteiger partial charge on any atom is -0.478 e. The summed E-state index contributed by atoms with van der Waals surface area (Å²) in [6, 6.07) is 8.68. The minimum atomic E-state index is -0.903. The number of carboxylic acids is 1. The van der Waals surface area contributed by atoms with Crippen LogP contribution in [0.2, 0.25) is 0 Å². The van der Waals surface area contributed by atoms with Crippen molar-refractivity contribution in [3.05, 3.63) is 41.5 Å². The van der Waals surface area contributed by atoms with E-state index in [1.165, 1.54) is 37.3 Å². The highest BCUT2D eigenvalue weighted by Crippen LogP contribution is 2.27. The maximum Gasteiger partial charge on any atom is 0.328 e. The molecular weight excluding hydrogens is 262 g/mol. The molecule has 0 saturated heterocycles. The molecule has 0 atom stereocenters. The standard InChI is InChI=1S/C18H25NO2/c1-14-7-10-17(11-8-14)19(2)13-16-6-4-3-5-15(16)9-12-18(20)21/h3-6,9,12,14,17H,7-8,10-11,13H2,1-2H3,(H,20,21). The van der Waals surface area contributed by atoms with Crippen LogP contribution in [0.1, 0.15) is 43.7 Å². The van der Waals surface area contributed by atoms with E-state index in [4.69, 9.17) is 5.11 Å². The van der Waals surface area contributed by atoms with E-state index >= 15 is 0 Å². The summed E-state index contributed by atoms with van der Waals surface area (Å²) < 4.78 is 0. The van der Waals surface area contributed by atoms with E-state index in [1.807, 2.05) is 18.2 Å². The van der Waals surface area contributed by atoms with Crippen molar-refractivity contribution < 1.29 is 9.90 Å². The van der Waals surface area contributed by atoms with Crippen molar-refractivity contribution in [3.8, 4) is 0 Å². The molecular formula is C18H25NO2. The van der Waals surface area contributed by atoms with Crippen molar-refractivity contribution in [1.29, 1.82) is 0 Å². The van der Waals surface area contributed by atoms with Gasteiger partial charge in [0.15, 0.2) is 0 Å². The Labute approximate surface area is 127 Å². The zero-order valence-corrected chi connectivity index (χ0v) is 13.0. The van der Waals surface area contributed by atoms with E-state index < -0.39 is 5.97 Å². The van der Waals surface area contributed by atoms with Crippen LogP contribution in [0.4, 0.5) is 0 Å². The van der Waals surface area contributed by atoms with Gasteiger partial charge in [-0.05, 0) is 55.9 Å². The number of nitrogens with zero attached hydrogens (tertiary/aromatic N) is 1. The minimum absolute atomic E-state index is 0.651. The number of benzene rings is 1. The summed E-state index contributed by atoms with van der Waals surface area (Å²) in [6.45, 7) is 3.21. The molecule has 2 rings (SSSR count). The van der Waals surface area contributed by atoms with Gasteiger partial charge in [0.1, 0.15) is 0 Å². The first-order chi connectivity index (χ1) is 10.1. The number of hydrogen-bond donors (Lipinski definition) is 1. The third-order valence-electron chi connectivity index (χ3n) is 4.49. The lowest BCUT2D eigenvalue weighted by Gasteiger charge is -2.33. The van der Waals surface area contributed by atoms with Crippen LogP contribution in [0.5, 0.6) is 0 Å². The monoisotopic (exact) mass is 287 g/mol. The van der Waals surface area contributed by atoms with Crippen molar-refractivity contribution in [3.63, 3.8) is 0 Å². The second-order valence-electron chi connectivity index (χ2n) is 6.20. The Hall–Kier alpha value is -1.61. The van der Waals surface area contributed by atoms with Gasteiger partial charge in [0.25, 0.3) is 0 Å². The van der Waals surface area contributed by atoms with Crippen LogP contribution in [-0.2, 0) is 11.3 Å². The normalized spacial score (nSPS) is 22.8. The van der Waals surface area contributed by atoms with E-state index in [9.17, 15) is 4.79 Å². The predicted molar refractivity (Wildman–Crippen MR) is 86.0 cm³/mol. The van der Waals surface area contributed by atoms with Gasteiger partial charge in [0.05, 0.1) is 0 Å². The molecule has 1 N–H and O–H groups in total. The molecule has 0 heterocycles. The Kier molecular flexibility index (Phi) is 5.57.